The smallest absolute Gasteiger partial charge is 0.290 e. The summed E-state index contributed by atoms with van der Waals surface area (Å²) in [4.78, 5) is 15.1. The maximum atomic E-state index is 13.4. The largest absolute Gasteiger partial charge is 0.467 e. The quantitative estimate of drug-likeness (QED) is 0.339. The number of rotatable bonds is 5. The van der Waals surface area contributed by atoms with Crippen molar-refractivity contribution in [3.63, 3.8) is 0 Å². The highest BCUT2D eigenvalue weighted by Crippen LogP contribution is 2.29. The Morgan fingerprint density at radius 3 is 2.61 bits per heavy atom. The molecule has 4 nitrogen and oxygen atoms in total. The fourth-order valence-corrected chi connectivity index (χ4v) is 3.63. The number of aryl methyl sites for hydroxylation is 1. The van der Waals surface area contributed by atoms with Gasteiger partial charge in [-0.05, 0) is 55.0 Å². The van der Waals surface area contributed by atoms with Crippen molar-refractivity contribution in [2.75, 3.05) is 0 Å². The molecule has 0 N–H and O–H groups in total. The first-order valence-electron chi connectivity index (χ1n) is 8.76. The van der Waals surface area contributed by atoms with E-state index in [2.05, 4.69) is 15.9 Å². The minimum Gasteiger partial charge on any atom is -0.467 e. The topological polar surface area (TPSA) is 46.6 Å². The van der Waals surface area contributed by atoms with Crippen molar-refractivity contribution in [3.8, 4) is 0 Å². The van der Waals surface area contributed by atoms with E-state index in [0.717, 1.165) is 21.0 Å². The highest BCUT2D eigenvalue weighted by Gasteiger charge is 2.24. The number of amides is 1. The standard InChI is InChI=1S/C22H17BrClNO3/c1-14-19-11-16(23)6-9-20(19)28-21(14)22(26)25(13-18-3-2-10-27-18)12-15-4-7-17(24)8-5-15/h2-11H,12-13H2,1H3. The molecule has 0 fully saturated rings. The fraction of sp³-hybridized carbons (Fsp3) is 0.136. The number of fused-ring (bicyclic) bond motifs is 1. The summed E-state index contributed by atoms with van der Waals surface area (Å²) in [6.07, 6.45) is 1.60. The average molecular weight is 459 g/mol. The zero-order valence-corrected chi connectivity index (χ0v) is 17.5. The maximum Gasteiger partial charge on any atom is 0.290 e. The summed E-state index contributed by atoms with van der Waals surface area (Å²) in [7, 11) is 0. The van der Waals surface area contributed by atoms with Crippen molar-refractivity contribution in [2.24, 2.45) is 0 Å². The Bertz CT molecular complexity index is 1120. The molecule has 0 atom stereocenters. The zero-order valence-electron chi connectivity index (χ0n) is 15.1. The molecule has 0 bridgehead atoms. The molecular formula is C22H17BrClNO3. The Hall–Kier alpha value is -2.50. The van der Waals surface area contributed by atoms with Crippen LogP contribution in [-0.2, 0) is 13.1 Å². The van der Waals surface area contributed by atoms with Crippen LogP contribution in [-0.4, -0.2) is 10.8 Å². The third-order valence-corrected chi connectivity index (χ3v) is 5.34. The molecule has 0 saturated carbocycles. The molecule has 0 aliphatic heterocycles. The SMILES string of the molecule is Cc1c(C(=O)N(Cc2ccc(Cl)cc2)Cc2ccco2)oc2ccc(Br)cc12. The molecule has 2 aromatic heterocycles. The van der Waals surface area contributed by atoms with Gasteiger partial charge in [0.2, 0.25) is 0 Å². The van der Waals surface area contributed by atoms with Crippen LogP contribution in [0.2, 0.25) is 5.02 Å². The highest BCUT2D eigenvalue weighted by atomic mass is 79.9. The van der Waals surface area contributed by atoms with E-state index in [1.807, 2.05) is 61.5 Å². The van der Waals surface area contributed by atoms with Crippen molar-refractivity contribution < 1.29 is 13.6 Å². The summed E-state index contributed by atoms with van der Waals surface area (Å²) >= 11 is 9.46. The van der Waals surface area contributed by atoms with E-state index < -0.39 is 0 Å². The molecule has 4 rings (SSSR count). The van der Waals surface area contributed by atoms with Gasteiger partial charge in [-0.15, -0.1) is 0 Å². The lowest BCUT2D eigenvalue weighted by Gasteiger charge is -2.21. The van der Waals surface area contributed by atoms with Crippen molar-refractivity contribution in [1.29, 1.82) is 0 Å². The van der Waals surface area contributed by atoms with Crippen LogP contribution >= 0.6 is 27.5 Å². The van der Waals surface area contributed by atoms with Crippen LogP contribution in [0.1, 0.15) is 27.4 Å². The van der Waals surface area contributed by atoms with Crippen molar-refractivity contribution >= 4 is 44.4 Å². The Morgan fingerprint density at radius 1 is 1.11 bits per heavy atom. The predicted molar refractivity (Wildman–Crippen MR) is 112 cm³/mol. The number of halogens is 2. The molecule has 0 unspecified atom stereocenters. The van der Waals surface area contributed by atoms with E-state index in [9.17, 15) is 4.79 Å². The molecule has 0 aliphatic rings. The van der Waals surface area contributed by atoms with E-state index in [1.54, 1.807) is 11.2 Å². The van der Waals surface area contributed by atoms with E-state index in [1.165, 1.54) is 0 Å². The van der Waals surface area contributed by atoms with Crippen LogP contribution in [0.3, 0.4) is 0 Å². The van der Waals surface area contributed by atoms with E-state index in [0.29, 0.717) is 35.2 Å². The Morgan fingerprint density at radius 2 is 1.89 bits per heavy atom. The van der Waals surface area contributed by atoms with Gasteiger partial charge in [0, 0.05) is 27.0 Å². The predicted octanol–water partition coefficient (Wildman–Crippen LogP) is 6.59. The number of furan rings is 2. The van der Waals surface area contributed by atoms with Gasteiger partial charge in [0.05, 0.1) is 12.8 Å². The summed E-state index contributed by atoms with van der Waals surface area (Å²) < 4.78 is 12.3. The number of benzene rings is 2. The average Bonchev–Trinajstić information content (AvgIpc) is 3.31. The number of hydrogen-bond acceptors (Lipinski definition) is 3. The number of hydrogen-bond donors (Lipinski definition) is 0. The van der Waals surface area contributed by atoms with Crippen molar-refractivity contribution in [2.45, 2.75) is 20.0 Å². The van der Waals surface area contributed by atoms with Crippen LogP contribution in [0.25, 0.3) is 11.0 Å². The third-order valence-electron chi connectivity index (χ3n) is 4.59. The van der Waals surface area contributed by atoms with Gasteiger partial charge in [0.1, 0.15) is 11.3 Å². The summed E-state index contributed by atoms with van der Waals surface area (Å²) in [6, 6.07) is 16.8. The first-order chi connectivity index (χ1) is 13.5. The molecule has 0 radical (unpaired) electrons. The summed E-state index contributed by atoms with van der Waals surface area (Å²) in [6.45, 7) is 2.66. The molecule has 2 aromatic carbocycles. The van der Waals surface area contributed by atoms with Crippen molar-refractivity contribution in [1.82, 2.24) is 4.90 Å². The molecule has 0 saturated heterocycles. The number of carbonyl (C=O) groups is 1. The van der Waals surface area contributed by atoms with Crippen LogP contribution in [0.4, 0.5) is 0 Å². The van der Waals surface area contributed by atoms with Crippen LogP contribution in [0.5, 0.6) is 0 Å². The monoisotopic (exact) mass is 457 g/mol. The first kappa shape index (κ1) is 18.8. The Labute approximate surface area is 175 Å². The van der Waals surface area contributed by atoms with E-state index in [4.69, 9.17) is 20.4 Å². The summed E-state index contributed by atoms with van der Waals surface area (Å²) in [5, 5.41) is 1.58. The Balaban J connectivity index is 1.69. The van der Waals surface area contributed by atoms with E-state index in [-0.39, 0.29) is 5.91 Å². The molecular weight excluding hydrogens is 442 g/mol. The van der Waals surface area contributed by atoms with Gasteiger partial charge in [-0.1, -0.05) is 39.7 Å². The summed E-state index contributed by atoms with van der Waals surface area (Å²) in [5.74, 6) is 0.864. The lowest BCUT2D eigenvalue weighted by molar-refractivity contribution is 0.0686. The normalized spacial score (nSPS) is 11.1. The molecule has 6 heteroatoms. The van der Waals surface area contributed by atoms with Gasteiger partial charge < -0.3 is 13.7 Å². The van der Waals surface area contributed by atoms with Gasteiger partial charge in [-0.25, -0.2) is 0 Å². The van der Waals surface area contributed by atoms with Crippen LogP contribution in [0, 0.1) is 6.92 Å². The second-order valence-electron chi connectivity index (χ2n) is 6.56. The lowest BCUT2D eigenvalue weighted by atomic mass is 10.1. The number of nitrogens with zero attached hydrogens (tertiary/aromatic N) is 1. The lowest BCUT2D eigenvalue weighted by Crippen LogP contribution is -2.30. The van der Waals surface area contributed by atoms with Gasteiger partial charge >= 0.3 is 0 Å². The molecule has 2 heterocycles. The van der Waals surface area contributed by atoms with Crippen LogP contribution < -0.4 is 0 Å². The van der Waals surface area contributed by atoms with Crippen LogP contribution in [0.15, 0.2) is 74.2 Å². The molecule has 4 aromatic rings. The molecule has 28 heavy (non-hydrogen) atoms. The van der Waals surface area contributed by atoms with Gasteiger partial charge in [0.15, 0.2) is 5.76 Å². The molecule has 1 amide bonds. The number of carbonyl (C=O) groups excluding carboxylic acids is 1. The minimum absolute atomic E-state index is 0.184. The molecule has 0 aliphatic carbocycles. The molecule has 0 spiro atoms. The Kier molecular flexibility index (Phi) is 5.29. The first-order valence-corrected chi connectivity index (χ1v) is 9.93. The molecule has 142 valence electrons. The second-order valence-corrected chi connectivity index (χ2v) is 7.92. The van der Waals surface area contributed by atoms with Gasteiger partial charge in [0.25, 0.3) is 5.91 Å². The van der Waals surface area contributed by atoms with E-state index >= 15 is 0 Å². The fourth-order valence-electron chi connectivity index (χ4n) is 3.14. The highest BCUT2D eigenvalue weighted by molar-refractivity contribution is 9.10. The summed E-state index contributed by atoms with van der Waals surface area (Å²) in [5.41, 5.74) is 2.48. The maximum absolute atomic E-state index is 13.4. The zero-order chi connectivity index (χ0) is 19.7. The van der Waals surface area contributed by atoms with Crippen molar-refractivity contribution in [3.05, 3.63) is 93.0 Å². The van der Waals surface area contributed by atoms with Gasteiger partial charge in [-0.3, -0.25) is 4.79 Å². The van der Waals surface area contributed by atoms with Gasteiger partial charge in [-0.2, -0.15) is 0 Å². The second kappa shape index (κ2) is 7.86. The third kappa shape index (κ3) is 3.86. The minimum atomic E-state index is -0.184.